The van der Waals surface area contributed by atoms with Crippen LogP contribution in [0.4, 0.5) is 5.69 Å². The molecule has 12 heteroatoms. The van der Waals surface area contributed by atoms with Crippen molar-refractivity contribution in [2.75, 3.05) is 24.5 Å². The highest BCUT2D eigenvalue weighted by molar-refractivity contribution is 7.92. The topological polar surface area (TPSA) is 96.0 Å². The number of amides is 2. The Bertz CT molecular complexity index is 1450. The third-order valence-electron chi connectivity index (χ3n) is 6.09. The molecule has 0 unspecified atom stereocenters. The number of nitrogens with zero attached hydrogens (tertiary/aromatic N) is 2. The summed E-state index contributed by atoms with van der Waals surface area (Å²) in [4.78, 5) is 28.1. The first-order chi connectivity index (χ1) is 19.0. The maximum absolute atomic E-state index is 13.9. The average molecular weight is 627 g/mol. The van der Waals surface area contributed by atoms with Gasteiger partial charge in [0, 0.05) is 28.2 Å². The molecule has 0 bridgehead atoms. The van der Waals surface area contributed by atoms with Gasteiger partial charge in [-0.2, -0.15) is 0 Å². The van der Waals surface area contributed by atoms with Crippen molar-refractivity contribution in [3.8, 4) is 5.75 Å². The number of ether oxygens (including phenoxy) is 1. The summed E-state index contributed by atoms with van der Waals surface area (Å²) in [6, 6.07) is 15.9. The number of halogens is 3. The van der Waals surface area contributed by atoms with Crippen molar-refractivity contribution >= 4 is 62.3 Å². The van der Waals surface area contributed by atoms with Crippen LogP contribution in [0.15, 0.2) is 71.6 Å². The number of carbonyl (C=O) groups excluding carboxylic acids is 2. The molecule has 0 heterocycles. The van der Waals surface area contributed by atoms with E-state index >= 15 is 0 Å². The van der Waals surface area contributed by atoms with E-state index in [9.17, 15) is 18.0 Å². The number of hydrogen-bond acceptors (Lipinski definition) is 5. The predicted octanol–water partition coefficient (Wildman–Crippen LogP) is 5.79. The van der Waals surface area contributed by atoms with Crippen LogP contribution in [0.25, 0.3) is 0 Å². The molecule has 0 aromatic heterocycles. The Balaban J connectivity index is 2.04. The van der Waals surface area contributed by atoms with Crippen molar-refractivity contribution in [3.63, 3.8) is 0 Å². The van der Waals surface area contributed by atoms with E-state index in [0.717, 1.165) is 4.31 Å². The molecule has 0 saturated carbocycles. The van der Waals surface area contributed by atoms with Crippen LogP contribution < -0.4 is 14.4 Å². The van der Waals surface area contributed by atoms with Crippen LogP contribution >= 0.6 is 34.8 Å². The highest BCUT2D eigenvalue weighted by atomic mass is 35.5. The zero-order valence-corrected chi connectivity index (χ0v) is 25.3. The Morgan fingerprint density at radius 2 is 1.65 bits per heavy atom. The van der Waals surface area contributed by atoms with Crippen LogP contribution in [0.5, 0.6) is 5.75 Å². The standard InChI is InChI=1S/C28H30Cl3N3O5S/c1-4-14-32-28(36)19(2)33(17-20-8-9-22(30)16-26(20)31)27(35)18-34(23-7-5-6-21(29)15-23)40(37,38)25-12-10-24(39-3)11-13-25/h5-13,15-16,19H,4,14,17-18H2,1-3H3,(H,32,36)/t19-/m0/s1. The second-order valence-electron chi connectivity index (χ2n) is 8.89. The Labute approximate surface area is 249 Å². The molecule has 0 saturated heterocycles. The van der Waals surface area contributed by atoms with E-state index in [2.05, 4.69) is 5.32 Å². The molecular weight excluding hydrogens is 597 g/mol. The zero-order valence-electron chi connectivity index (χ0n) is 22.2. The lowest BCUT2D eigenvalue weighted by atomic mass is 10.1. The third kappa shape index (κ3) is 7.81. The van der Waals surface area contributed by atoms with Gasteiger partial charge in [0.25, 0.3) is 10.0 Å². The smallest absolute Gasteiger partial charge is 0.264 e. The third-order valence-corrected chi connectivity index (χ3v) is 8.70. The lowest BCUT2D eigenvalue weighted by Crippen LogP contribution is -2.51. The molecule has 0 aliphatic heterocycles. The van der Waals surface area contributed by atoms with Crippen molar-refractivity contribution in [2.45, 2.75) is 37.8 Å². The molecule has 1 N–H and O–H groups in total. The van der Waals surface area contributed by atoms with E-state index in [0.29, 0.717) is 34.3 Å². The highest BCUT2D eigenvalue weighted by Gasteiger charge is 2.33. The molecule has 0 radical (unpaired) electrons. The second-order valence-corrected chi connectivity index (χ2v) is 12.0. The first kappa shape index (κ1) is 31.5. The summed E-state index contributed by atoms with van der Waals surface area (Å²) in [6.45, 7) is 3.25. The summed E-state index contributed by atoms with van der Waals surface area (Å²) in [5, 5.41) is 3.80. The van der Waals surface area contributed by atoms with Crippen LogP contribution in [0, 0.1) is 0 Å². The molecule has 214 valence electrons. The molecular formula is C28H30Cl3N3O5S. The van der Waals surface area contributed by atoms with Crippen LogP contribution in [0.2, 0.25) is 15.1 Å². The first-order valence-corrected chi connectivity index (χ1v) is 15.0. The van der Waals surface area contributed by atoms with E-state index in [1.807, 2.05) is 6.92 Å². The summed E-state index contributed by atoms with van der Waals surface area (Å²) >= 11 is 18.6. The van der Waals surface area contributed by atoms with Crippen LogP contribution in [-0.2, 0) is 26.2 Å². The molecule has 1 atom stereocenters. The van der Waals surface area contributed by atoms with Crippen LogP contribution in [0.3, 0.4) is 0 Å². The fraction of sp³-hybridized carbons (Fsp3) is 0.286. The first-order valence-electron chi connectivity index (χ1n) is 12.4. The van der Waals surface area contributed by atoms with E-state index in [4.69, 9.17) is 39.5 Å². The van der Waals surface area contributed by atoms with Gasteiger partial charge in [-0.25, -0.2) is 8.42 Å². The normalized spacial score (nSPS) is 11.9. The number of nitrogens with one attached hydrogen (secondary N) is 1. The Morgan fingerprint density at radius 3 is 2.25 bits per heavy atom. The minimum Gasteiger partial charge on any atom is -0.497 e. The van der Waals surface area contributed by atoms with Gasteiger partial charge in [-0.15, -0.1) is 0 Å². The van der Waals surface area contributed by atoms with E-state index in [1.54, 1.807) is 31.2 Å². The second kappa shape index (κ2) is 14.1. The van der Waals surface area contributed by atoms with Crippen molar-refractivity contribution in [2.24, 2.45) is 0 Å². The largest absolute Gasteiger partial charge is 0.497 e. The zero-order chi connectivity index (χ0) is 29.4. The molecule has 2 amide bonds. The number of sulfonamides is 1. The van der Waals surface area contributed by atoms with E-state index < -0.39 is 28.5 Å². The van der Waals surface area contributed by atoms with E-state index in [-0.39, 0.29) is 28.1 Å². The highest BCUT2D eigenvalue weighted by Crippen LogP contribution is 2.28. The predicted molar refractivity (Wildman–Crippen MR) is 159 cm³/mol. The number of carbonyl (C=O) groups is 2. The van der Waals surface area contributed by atoms with Gasteiger partial charge in [-0.1, -0.05) is 53.9 Å². The number of methoxy groups -OCH3 is 1. The lowest BCUT2D eigenvalue weighted by molar-refractivity contribution is -0.139. The Hall–Kier alpha value is -2.98. The molecule has 40 heavy (non-hydrogen) atoms. The Kier molecular flexibility index (Phi) is 11.1. The molecule has 3 rings (SSSR count). The minimum atomic E-state index is -4.24. The van der Waals surface area contributed by atoms with Crippen molar-refractivity contribution in [3.05, 3.63) is 87.4 Å². The van der Waals surface area contributed by atoms with Crippen molar-refractivity contribution in [1.29, 1.82) is 0 Å². The number of hydrogen-bond donors (Lipinski definition) is 1. The maximum atomic E-state index is 13.9. The molecule has 3 aromatic rings. The maximum Gasteiger partial charge on any atom is 0.264 e. The van der Waals surface area contributed by atoms with Gasteiger partial charge < -0.3 is 15.0 Å². The quantitative estimate of drug-likeness (QED) is 0.274. The monoisotopic (exact) mass is 625 g/mol. The summed E-state index contributed by atoms with van der Waals surface area (Å²) in [6.07, 6.45) is 0.706. The van der Waals surface area contributed by atoms with Gasteiger partial charge in [0.15, 0.2) is 0 Å². The number of benzene rings is 3. The van der Waals surface area contributed by atoms with Crippen molar-refractivity contribution in [1.82, 2.24) is 10.2 Å². The summed E-state index contributed by atoms with van der Waals surface area (Å²) in [7, 11) is -2.77. The summed E-state index contributed by atoms with van der Waals surface area (Å²) in [5.41, 5.74) is 0.728. The number of rotatable bonds is 12. The van der Waals surface area contributed by atoms with Crippen molar-refractivity contribution < 1.29 is 22.7 Å². The lowest BCUT2D eigenvalue weighted by Gasteiger charge is -2.32. The molecule has 8 nitrogen and oxygen atoms in total. The average Bonchev–Trinajstić information content (AvgIpc) is 2.93. The molecule has 3 aromatic carbocycles. The molecule has 0 spiro atoms. The van der Waals surface area contributed by atoms with Gasteiger partial charge in [-0.05, 0) is 73.5 Å². The fourth-order valence-corrected chi connectivity index (χ4v) is 5.91. The number of anilines is 1. The molecule has 0 aliphatic rings. The minimum absolute atomic E-state index is 0.0536. The summed E-state index contributed by atoms with van der Waals surface area (Å²) in [5.74, 6) is -0.530. The van der Waals surface area contributed by atoms with Gasteiger partial charge >= 0.3 is 0 Å². The van der Waals surface area contributed by atoms with Gasteiger partial charge in [0.05, 0.1) is 17.7 Å². The van der Waals surface area contributed by atoms with Crippen LogP contribution in [-0.4, -0.2) is 51.4 Å². The Morgan fingerprint density at radius 1 is 0.975 bits per heavy atom. The van der Waals surface area contributed by atoms with Crippen LogP contribution in [0.1, 0.15) is 25.8 Å². The summed E-state index contributed by atoms with van der Waals surface area (Å²) < 4.78 is 33.8. The van der Waals surface area contributed by atoms with Gasteiger partial charge in [0.2, 0.25) is 11.8 Å². The molecule has 0 fully saturated rings. The van der Waals surface area contributed by atoms with Gasteiger partial charge in [0.1, 0.15) is 18.3 Å². The van der Waals surface area contributed by atoms with Gasteiger partial charge in [-0.3, -0.25) is 13.9 Å². The van der Waals surface area contributed by atoms with E-state index in [1.165, 1.54) is 54.5 Å². The SMILES string of the molecule is CCCNC(=O)[C@H](C)N(Cc1ccc(Cl)cc1Cl)C(=O)CN(c1cccc(Cl)c1)S(=O)(=O)c1ccc(OC)cc1. The molecule has 0 aliphatic carbocycles. The fourth-order valence-electron chi connectivity index (χ4n) is 3.85.